The third kappa shape index (κ3) is 3.46. The van der Waals surface area contributed by atoms with Gasteiger partial charge in [0.05, 0.1) is 16.9 Å². The molecule has 28 heavy (non-hydrogen) atoms. The van der Waals surface area contributed by atoms with Gasteiger partial charge in [0.25, 0.3) is 5.56 Å². The molecule has 2 aromatic heterocycles. The molecule has 0 saturated heterocycles. The fraction of sp³-hybridized carbons (Fsp3) is 0.143. The number of rotatable bonds is 3. The van der Waals surface area contributed by atoms with E-state index in [1.807, 2.05) is 20.8 Å². The van der Waals surface area contributed by atoms with Crippen LogP contribution in [-0.2, 0) is 0 Å². The van der Waals surface area contributed by atoms with Gasteiger partial charge in [-0.3, -0.25) is 15.1 Å². The van der Waals surface area contributed by atoms with Gasteiger partial charge >= 0.3 is 0 Å². The zero-order valence-electron chi connectivity index (χ0n) is 15.7. The second kappa shape index (κ2) is 6.84. The van der Waals surface area contributed by atoms with E-state index in [9.17, 15) is 9.18 Å². The molecule has 4 aromatic rings. The van der Waals surface area contributed by atoms with Crippen LogP contribution in [0.2, 0.25) is 0 Å². The Kier molecular flexibility index (Phi) is 4.35. The molecule has 0 aliphatic rings. The summed E-state index contributed by atoms with van der Waals surface area (Å²) in [5.74, 6) is 0.212. The van der Waals surface area contributed by atoms with Crippen molar-refractivity contribution in [3.05, 3.63) is 75.5 Å². The van der Waals surface area contributed by atoms with Gasteiger partial charge in [-0.2, -0.15) is 0 Å². The molecule has 0 saturated carbocycles. The highest BCUT2D eigenvalue weighted by molar-refractivity contribution is 5.85. The maximum Gasteiger partial charge on any atom is 0.252 e. The number of aromatic amines is 1. The first-order chi connectivity index (χ1) is 13.4. The van der Waals surface area contributed by atoms with Gasteiger partial charge in [0.15, 0.2) is 0 Å². The van der Waals surface area contributed by atoms with Crippen LogP contribution in [-0.4, -0.2) is 19.9 Å². The lowest BCUT2D eigenvalue weighted by Gasteiger charge is -2.10. The van der Waals surface area contributed by atoms with Gasteiger partial charge in [-0.25, -0.2) is 19.3 Å². The fourth-order valence-corrected chi connectivity index (χ4v) is 3.18. The van der Waals surface area contributed by atoms with Crippen molar-refractivity contribution >= 4 is 22.8 Å². The molecule has 2 heterocycles. The van der Waals surface area contributed by atoms with Crippen molar-refractivity contribution in [1.29, 1.82) is 0 Å². The quantitative estimate of drug-likeness (QED) is 0.561. The maximum absolute atomic E-state index is 13.2. The Labute approximate surface area is 160 Å². The second-order valence-corrected chi connectivity index (χ2v) is 6.72. The van der Waals surface area contributed by atoms with Crippen molar-refractivity contribution in [2.24, 2.45) is 0 Å². The number of benzene rings is 2. The number of aryl methyl sites for hydroxylation is 3. The number of nitrogens with zero attached hydrogens (tertiary/aromatic N) is 3. The van der Waals surface area contributed by atoms with Crippen LogP contribution in [0, 0.1) is 26.6 Å². The van der Waals surface area contributed by atoms with E-state index in [1.165, 1.54) is 18.2 Å². The zero-order chi connectivity index (χ0) is 19.8. The number of nitrogens with one attached hydrogen (secondary N) is 2. The van der Waals surface area contributed by atoms with E-state index in [0.29, 0.717) is 17.2 Å². The van der Waals surface area contributed by atoms with Gasteiger partial charge in [-0.15, -0.1) is 0 Å². The predicted molar refractivity (Wildman–Crippen MR) is 107 cm³/mol. The van der Waals surface area contributed by atoms with Crippen molar-refractivity contribution in [1.82, 2.24) is 19.9 Å². The minimum atomic E-state index is -0.349. The number of hydrogen-bond donors (Lipinski definition) is 2. The Bertz CT molecular complexity index is 1250. The third-order valence-electron chi connectivity index (χ3n) is 4.44. The first kappa shape index (κ1) is 17.8. The summed E-state index contributed by atoms with van der Waals surface area (Å²) in [5.41, 5.74) is 4.60. The summed E-state index contributed by atoms with van der Waals surface area (Å²) < 4.78 is 13.2. The first-order valence-corrected chi connectivity index (χ1v) is 8.79. The molecule has 7 heteroatoms. The smallest absolute Gasteiger partial charge is 0.252 e. The lowest BCUT2D eigenvalue weighted by atomic mass is 10.1. The molecule has 140 valence electrons. The highest BCUT2D eigenvalue weighted by Crippen LogP contribution is 2.23. The largest absolute Gasteiger partial charge is 0.294 e. The number of hydrogen-bond acceptors (Lipinski definition) is 5. The predicted octanol–water partition coefficient (Wildman–Crippen LogP) is 4.19. The number of halogens is 1. The van der Waals surface area contributed by atoms with Crippen LogP contribution >= 0.6 is 0 Å². The fourth-order valence-electron chi connectivity index (χ4n) is 3.18. The summed E-state index contributed by atoms with van der Waals surface area (Å²) in [4.78, 5) is 28.2. The second-order valence-electron chi connectivity index (χ2n) is 6.72. The molecule has 0 unspecified atom stereocenters. The number of anilines is 2. The van der Waals surface area contributed by atoms with Crippen molar-refractivity contribution < 1.29 is 4.39 Å². The zero-order valence-corrected chi connectivity index (χ0v) is 15.7. The molecule has 4 rings (SSSR count). The number of H-pyrrole nitrogens is 1. The van der Waals surface area contributed by atoms with Gasteiger partial charge < -0.3 is 0 Å². The molecule has 0 radical (unpaired) electrons. The first-order valence-electron chi connectivity index (χ1n) is 8.79. The molecule has 0 aliphatic carbocycles. The van der Waals surface area contributed by atoms with Crippen molar-refractivity contribution in [3.8, 4) is 11.3 Å². The summed E-state index contributed by atoms with van der Waals surface area (Å²) in [7, 11) is 0. The average Bonchev–Trinajstić information content (AvgIpc) is 2.63. The normalized spacial score (nSPS) is 11.0. The van der Waals surface area contributed by atoms with Crippen LogP contribution in [0.4, 0.5) is 16.3 Å². The standard InChI is InChI=1S/C21H18FN5O/c1-11-8-12(2)19-16(9-11)13(3)23-20(26-19)27-21-24-17(10-18(28)25-21)14-4-6-15(22)7-5-14/h4-10H,1-3H3,(H2,23,24,25,26,27,28). The van der Waals surface area contributed by atoms with E-state index in [-0.39, 0.29) is 17.3 Å². The van der Waals surface area contributed by atoms with Gasteiger partial charge in [0, 0.05) is 17.0 Å². The van der Waals surface area contributed by atoms with Crippen LogP contribution in [0.5, 0.6) is 0 Å². The molecule has 0 spiro atoms. The average molecular weight is 375 g/mol. The van der Waals surface area contributed by atoms with Crippen molar-refractivity contribution in [2.75, 3.05) is 5.32 Å². The number of aromatic nitrogens is 4. The molecule has 2 aromatic carbocycles. The van der Waals surface area contributed by atoms with Crippen LogP contribution in [0.1, 0.15) is 16.8 Å². The number of fused-ring (bicyclic) bond motifs is 1. The van der Waals surface area contributed by atoms with E-state index in [1.54, 1.807) is 12.1 Å². The molecular formula is C21H18FN5O. The molecule has 0 atom stereocenters. The topological polar surface area (TPSA) is 83.6 Å². The molecule has 0 fully saturated rings. The molecule has 6 nitrogen and oxygen atoms in total. The third-order valence-corrected chi connectivity index (χ3v) is 4.44. The Morgan fingerprint density at radius 1 is 0.964 bits per heavy atom. The van der Waals surface area contributed by atoms with Gasteiger partial charge in [-0.05, 0) is 56.7 Å². The Balaban J connectivity index is 1.75. The van der Waals surface area contributed by atoms with E-state index in [4.69, 9.17) is 0 Å². The van der Waals surface area contributed by atoms with E-state index in [2.05, 4.69) is 37.4 Å². The Morgan fingerprint density at radius 3 is 2.46 bits per heavy atom. The van der Waals surface area contributed by atoms with E-state index >= 15 is 0 Å². The molecule has 0 aliphatic heterocycles. The highest BCUT2D eigenvalue weighted by Gasteiger charge is 2.10. The summed E-state index contributed by atoms with van der Waals surface area (Å²) in [6, 6.07) is 11.3. The van der Waals surface area contributed by atoms with Gasteiger partial charge in [-0.1, -0.05) is 11.6 Å². The summed E-state index contributed by atoms with van der Waals surface area (Å²) in [5, 5.41) is 3.97. The van der Waals surface area contributed by atoms with Gasteiger partial charge in [0.1, 0.15) is 5.82 Å². The Morgan fingerprint density at radius 2 is 1.71 bits per heavy atom. The van der Waals surface area contributed by atoms with Crippen molar-refractivity contribution in [2.45, 2.75) is 20.8 Å². The summed E-state index contributed by atoms with van der Waals surface area (Å²) >= 11 is 0. The summed E-state index contributed by atoms with van der Waals surface area (Å²) in [6.07, 6.45) is 0. The van der Waals surface area contributed by atoms with Crippen LogP contribution in [0.3, 0.4) is 0 Å². The van der Waals surface area contributed by atoms with Crippen LogP contribution < -0.4 is 10.9 Å². The van der Waals surface area contributed by atoms with Crippen LogP contribution in [0.25, 0.3) is 22.2 Å². The van der Waals surface area contributed by atoms with Gasteiger partial charge in [0.2, 0.25) is 11.9 Å². The lowest BCUT2D eigenvalue weighted by molar-refractivity contribution is 0.628. The Hall–Kier alpha value is -3.61. The van der Waals surface area contributed by atoms with Crippen LogP contribution in [0.15, 0.2) is 47.3 Å². The monoisotopic (exact) mass is 375 g/mol. The highest BCUT2D eigenvalue weighted by atomic mass is 19.1. The minimum absolute atomic E-state index is 0.218. The maximum atomic E-state index is 13.2. The molecule has 0 amide bonds. The van der Waals surface area contributed by atoms with E-state index < -0.39 is 0 Å². The lowest BCUT2D eigenvalue weighted by Crippen LogP contribution is -2.12. The SMILES string of the molecule is Cc1cc(C)c2nc(Nc3nc(-c4ccc(F)cc4)cc(=O)[nH]3)nc(C)c2c1. The molecular weight excluding hydrogens is 357 g/mol. The molecule has 2 N–H and O–H groups in total. The van der Waals surface area contributed by atoms with Crippen molar-refractivity contribution in [3.63, 3.8) is 0 Å². The van der Waals surface area contributed by atoms with E-state index in [0.717, 1.165) is 27.7 Å². The summed E-state index contributed by atoms with van der Waals surface area (Å²) in [6.45, 7) is 5.95. The minimum Gasteiger partial charge on any atom is -0.294 e. The molecule has 0 bridgehead atoms.